The van der Waals surface area contributed by atoms with E-state index < -0.39 is 0 Å². The SMILES string of the molecule is Nc1nnc(-c2ccc(OCc3ccc(Cl)cc3Cl)cc2)c(N)n1. The van der Waals surface area contributed by atoms with E-state index in [1.165, 1.54) is 0 Å². The van der Waals surface area contributed by atoms with Crippen molar-refractivity contribution in [2.75, 3.05) is 11.5 Å². The first-order valence-electron chi connectivity index (χ1n) is 6.96. The lowest BCUT2D eigenvalue weighted by atomic mass is 10.1. The maximum absolute atomic E-state index is 6.12. The molecule has 0 amide bonds. The third-order valence-electron chi connectivity index (χ3n) is 3.27. The quantitative estimate of drug-likeness (QED) is 0.736. The molecule has 1 heterocycles. The van der Waals surface area contributed by atoms with E-state index in [4.69, 9.17) is 39.4 Å². The van der Waals surface area contributed by atoms with E-state index >= 15 is 0 Å². The van der Waals surface area contributed by atoms with Crippen LogP contribution in [0.2, 0.25) is 10.0 Å². The Morgan fingerprint density at radius 2 is 1.71 bits per heavy atom. The van der Waals surface area contributed by atoms with Crippen LogP contribution < -0.4 is 16.2 Å². The zero-order valence-corrected chi connectivity index (χ0v) is 13.9. The Bertz CT molecular complexity index is 871. The Kier molecular flexibility index (Phi) is 4.69. The molecule has 0 unspecified atom stereocenters. The largest absolute Gasteiger partial charge is 0.489 e. The number of ether oxygens (including phenoxy) is 1. The van der Waals surface area contributed by atoms with Crippen molar-refractivity contribution >= 4 is 35.0 Å². The molecule has 0 aliphatic heterocycles. The molecule has 3 rings (SSSR count). The number of rotatable bonds is 4. The zero-order chi connectivity index (χ0) is 17.1. The average molecular weight is 362 g/mol. The number of nitrogen functional groups attached to an aromatic ring is 2. The van der Waals surface area contributed by atoms with Gasteiger partial charge in [-0.3, -0.25) is 0 Å². The predicted octanol–water partition coefficient (Wildman–Crippen LogP) is 3.59. The van der Waals surface area contributed by atoms with Crippen molar-refractivity contribution in [3.05, 3.63) is 58.1 Å². The molecule has 0 saturated heterocycles. The minimum Gasteiger partial charge on any atom is -0.489 e. The molecule has 0 radical (unpaired) electrons. The highest BCUT2D eigenvalue weighted by molar-refractivity contribution is 6.35. The summed E-state index contributed by atoms with van der Waals surface area (Å²) >= 11 is 12.0. The molecule has 0 saturated carbocycles. The zero-order valence-electron chi connectivity index (χ0n) is 12.4. The van der Waals surface area contributed by atoms with Crippen LogP contribution in [0, 0.1) is 0 Å². The molecule has 1 aromatic heterocycles. The number of nitrogens with zero attached hydrogens (tertiary/aromatic N) is 3. The number of benzene rings is 2. The van der Waals surface area contributed by atoms with Crippen molar-refractivity contribution in [1.82, 2.24) is 15.2 Å². The van der Waals surface area contributed by atoms with E-state index in [1.54, 1.807) is 24.3 Å². The molecule has 8 heteroatoms. The Balaban J connectivity index is 1.72. The van der Waals surface area contributed by atoms with Gasteiger partial charge in [-0.2, -0.15) is 4.98 Å². The van der Waals surface area contributed by atoms with E-state index in [0.717, 1.165) is 11.1 Å². The second-order valence-corrected chi connectivity index (χ2v) is 5.80. The third-order valence-corrected chi connectivity index (χ3v) is 3.85. The minimum atomic E-state index is 0.0380. The fourth-order valence-corrected chi connectivity index (χ4v) is 2.53. The van der Waals surface area contributed by atoms with Crippen molar-refractivity contribution in [2.24, 2.45) is 0 Å². The molecular weight excluding hydrogens is 349 g/mol. The summed E-state index contributed by atoms with van der Waals surface area (Å²) in [4.78, 5) is 3.89. The molecule has 2 aromatic carbocycles. The van der Waals surface area contributed by atoms with Crippen LogP contribution in [0.25, 0.3) is 11.3 Å². The fraction of sp³-hybridized carbons (Fsp3) is 0.0625. The third kappa shape index (κ3) is 3.67. The summed E-state index contributed by atoms with van der Waals surface area (Å²) in [5.74, 6) is 0.944. The summed E-state index contributed by atoms with van der Waals surface area (Å²) < 4.78 is 5.72. The predicted molar refractivity (Wildman–Crippen MR) is 94.9 cm³/mol. The number of anilines is 2. The Morgan fingerprint density at radius 1 is 0.958 bits per heavy atom. The van der Waals surface area contributed by atoms with Crippen molar-refractivity contribution in [1.29, 1.82) is 0 Å². The number of nitrogens with two attached hydrogens (primary N) is 2. The Morgan fingerprint density at radius 3 is 2.38 bits per heavy atom. The molecule has 3 aromatic rings. The first-order valence-corrected chi connectivity index (χ1v) is 7.71. The van der Waals surface area contributed by atoms with Gasteiger partial charge in [0.1, 0.15) is 18.1 Å². The van der Waals surface area contributed by atoms with Gasteiger partial charge in [0.25, 0.3) is 0 Å². The van der Waals surface area contributed by atoms with Crippen LogP contribution in [-0.4, -0.2) is 15.2 Å². The lowest BCUT2D eigenvalue weighted by Gasteiger charge is -2.09. The van der Waals surface area contributed by atoms with Gasteiger partial charge in [0.2, 0.25) is 5.95 Å². The van der Waals surface area contributed by atoms with E-state index in [9.17, 15) is 0 Å². The van der Waals surface area contributed by atoms with Gasteiger partial charge in [-0.05, 0) is 36.4 Å². The lowest BCUT2D eigenvalue weighted by Crippen LogP contribution is -2.04. The van der Waals surface area contributed by atoms with Crippen LogP contribution >= 0.6 is 23.2 Å². The van der Waals surface area contributed by atoms with Gasteiger partial charge in [0, 0.05) is 21.2 Å². The molecule has 0 aliphatic rings. The first-order chi connectivity index (χ1) is 11.5. The monoisotopic (exact) mass is 361 g/mol. The van der Waals surface area contributed by atoms with Crippen molar-refractivity contribution in [3.8, 4) is 17.0 Å². The van der Waals surface area contributed by atoms with Gasteiger partial charge in [-0.25, -0.2) is 0 Å². The smallest absolute Gasteiger partial charge is 0.242 e. The van der Waals surface area contributed by atoms with Crippen LogP contribution in [0.1, 0.15) is 5.56 Å². The molecular formula is C16H13Cl2N5O. The van der Waals surface area contributed by atoms with E-state index in [-0.39, 0.29) is 11.8 Å². The van der Waals surface area contributed by atoms with Crippen molar-refractivity contribution < 1.29 is 4.74 Å². The number of hydrogen-bond donors (Lipinski definition) is 2. The molecule has 6 nitrogen and oxygen atoms in total. The van der Waals surface area contributed by atoms with Crippen molar-refractivity contribution in [2.45, 2.75) is 6.61 Å². The van der Waals surface area contributed by atoms with Crippen LogP contribution in [-0.2, 0) is 6.61 Å². The Hall–Kier alpha value is -2.57. The van der Waals surface area contributed by atoms with Gasteiger partial charge in [-0.15, -0.1) is 10.2 Å². The molecule has 0 atom stereocenters. The number of halogens is 2. The van der Waals surface area contributed by atoms with Gasteiger partial charge >= 0.3 is 0 Å². The van der Waals surface area contributed by atoms with Gasteiger partial charge in [0.05, 0.1) is 0 Å². The first kappa shape index (κ1) is 16.3. The maximum atomic E-state index is 6.12. The Labute approximate surface area is 148 Å². The van der Waals surface area contributed by atoms with E-state index in [0.29, 0.717) is 28.1 Å². The summed E-state index contributed by atoms with van der Waals surface area (Å²) in [7, 11) is 0. The van der Waals surface area contributed by atoms with Crippen LogP contribution in [0.5, 0.6) is 5.75 Å². The lowest BCUT2D eigenvalue weighted by molar-refractivity contribution is 0.306. The summed E-state index contributed by atoms with van der Waals surface area (Å²) in [6.07, 6.45) is 0. The van der Waals surface area contributed by atoms with Gasteiger partial charge in [-0.1, -0.05) is 29.3 Å². The minimum absolute atomic E-state index is 0.0380. The molecule has 0 bridgehead atoms. The summed E-state index contributed by atoms with van der Waals surface area (Å²) in [6.45, 7) is 0.334. The summed E-state index contributed by atoms with van der Waals surface area (Å²) in [6, 6.07) is 12.5. The maximum Gasteiger partial charge on any atom is 0.242 e. The normalized spacial score (nSPS) is 10.6. The molecule has 122 valence electrons. The fourth-order valence-electron chi connectivity index (χ4n) is 2.07. The summed E-state index contributed by atoms with van der Waals surface area (Å²) in [5.41, 5.74) is 13.3. The second-order valence-electron chi connectivity index (χ2n) is 4.95. The molecule has 0 aliphatic carbocycles. The standard InChI is InChI=1S/C16H13Cl2N5O/c17-11-4-1-10(13(18)7-11)8-24-12-5-2-9(3-6-12)14-15(19)21-16(20)23-22-14/h1-7H,8H2,(H4,19,20,21,23). The topological polar surface area (TPSA) is 99.9 Å². The van der Waals surface area contributed by atoms with Crippen LogP contribution in [0.3, 0.4) is 0 Å². The average Bonchev–Trinajstić information content (AvgIpc) is 2.55. The highest BCUT2D eigenvalue weighted by Gasteiger charge is 2.08. The molecule has 24 heavy (non-hydrogen) atoms. The highest BCUT2D eigenvalue weighted by atomic mass is 35.5. The second kappa shape index (κ2) is 6.90. The number of hydrogen-bond acceptors (Lipinski definition) is 6. The van der Waals surface area contributed by atoms with E-state index in [1.807, 2.05) is 18.2 Å². The van der Waals surface area contributed by atoms with Crippen LogP contribution in [0.15, 0.2) is 42.5 Å². The van der Waals surface area contributed by atoms with Crippen molar-refractivity contribution in [3.63, 3.8) is 0 Å². The highest BCUT2D eigenvalue weighted by Crippen LogP contribution is 2.26. The molecule has 0 fully saturated rings. The number of aromatic nitrogens is 3. The van der Waals surface area contributed by atoms with Gasteiger partial charge in [0.15, 0.2) is 5.82 Å². The molecule has 0 spiro atoms. The summed E-state index contributed by atoms with van der Waals surface area (Å²) in [5, 5.41) is 8.82. The van der Waals surface area contributed by atoms with E-state index in [2.05, 4.69) is 15.2 Å². The molecule has 4 N–H and O–H groups in total. The van der Waals surface area contributed by atoms with Gasteiger partial charge < -0.3 is 16.2 Å². The van der Waals surface area contributed by atoms with Crippen LogP contribution in [0.4, 0.5) is 11.8 Å².